The Morgan fingerprint density at radius 1 is 1.38 bits per heavy atom. The van der Waals surface area contributed by atoms with Gasteiger partial charge in [-0.15, -0.1) is 6.58 Å². The van der Waals surface area contributed by atoms with Crippen LogP contribution in [-0.4, -0.2) is 18.2 Å². The van der Waals surface area contributed by atoms with E-state index in [-0.39, 0.29) is 5.60 Å². The van der Waals surface area contributed by atoms with Crippen molar-refractivity contribution in [3.8, 4) is 0 Å². The first-order valence-corrected chi connectivity index (χ1v) is 6.76. The first-order chi connectivity index (χ1) is 7.76. The first-order valence-electron chi connectivity index (χ1n) is 6.76. The van der Waals surface area contributed by atoms with Gasteiger partial charge in [0.25, 0.3) is 0 Å². The van der Waals surface area contributed by atoms with Crippen LogP contribution in [0.1, 0.15) is 51.4 Å². The second-order valence-corrected chi connectivity index (χ2v) is 5.53. The monoisotopic (exact) mass is 223 g/mol. The number of hydrogen-bond donors (Lipinski definition) is 1. The van der Waals surface area contributed by atoms with E-state index in [2.05, 4.69) is 6.58 Å². The number of nitrogens with two attached hydrogens (primary N) is 1. The summed E-state index contributed by atoms with van der Waals surface area (Å²) in [5.74, 6) is 0.643. The molecule has 1 saturated heterocycles. The molecule has 1 saturated carbocycles. The number of rotatable bonds is 3. The van der Waals surface area contributed by atoms with Crippen molar-refractivity contribution in [2.45, 2.75) is 63.0 Å². The third-order valence-electron chi connectivity index (χ3n) is 4.34. The molecule has 2 unspecified atom stereocenters. The lowest BCUT2D eigenvalue weighted by atomic mass is 9.74. The van der Waals surface area contributed by atoms with Gasteiger partial charge in [-0.1, -0.05) is 25.3 Å². The maximum Gasteiger partial charge on any atom is 0.0685 e. The predicted octanol–water partition coefficient (Wildman–Crippen LogP) is 3.02. The molecule has 2 fully saturated rings. The Labute approximate surface area is 99.2 Å². The molecule has 1 heterocycles. The number of ether oxygens (including phenoxy) is 1. The van der Waals surface area contributed by atoms with Crippen molar-refractivity contribution in [3.63, 3.8) is 0 Å². The average molecular weight is 223 g/mol. The van der Waals surface area contributed by atoms with Gasteiger partial charge in [-0.25, -0.2) is 0 Å². The Morgan fingerprint density at radius 3 is 2.81 bits per heavy atom. The van der Waals surface area contributed by atoms with E-state index >= 15 is 0 Å². The summed E-state index contributed by atoms with van der Waals surface area (Å²) in [5, 5.41) is 0. The van der Waals surface area contributed by atoms with Crippen molar-refractivity contribution in [3.05, 3.63) is 12.7 Å². The highest BCUT2D eigenvalue weighted by molar-refractivity contribution is 4.93. The lowest BCUT2D eigenvalue weighted by molar-refractivity contribution is -0.120. The highest BCUT2D eigenvalue weighted by Crippen LogP contribution is 2.41. The molecule has 0 aromatic rings. The van der Waals surface area contributed by atoms with E-state index in [1.54, 1.807) is 0 Å². The predicted molar refractivity (Wildman–Crippen MR) is 67.3 cm³/mol. The summed E-state index contributed by atoms with van der Waals surface area (Å²) in [6.45, 7) is 4.70. The smallest absolute Gasteiger partial charge is 0.0685 e. The van der Waals surface area contributed by atoms with Crippen LogP contribution >= 0.6 is 0 Å². The van der Waals surface area contributed by atoms with Crippen LogP contribution in [0.3, 0.4) is 0 Å². The van der Waals surface area contributed by atoms with E-state index in [1.807, 2.05) is 6.08 Å². The maximum absolute atomic E-state index is 6.22. The van der Waals surface area contributed by atoms with E-state index < -0.39 is 0 Å². The minimum absolute atomic E-state index is 0.194. The van der Waals surface area contributed by atoms with Gasteiger partial charge >= 0.3 is 0 Å². The van der Waals surface area contributed by atoms with Gasteiger partial charge in [-0.2, -0.15) is 0 Å². The van der Waals surface area contributed by atoms with Gasteiger partial charge in [-0.3, -0.25) is 0 Å². The zero-order chi connectivity index (χ0) is 11.4. The standard InChI is InChI=1S/C14H25NO/c1-2-6-13(15)12-7-10-16-14(11-12)8-4-3-5-9-14/h2,12-13H,1,3-11,15H2. The van der Waals surface area contributed by atoms with Crippen LogP contribution < -0.4 is 5.73 Å². The fourth-order valence-electron chi connectivity index (χ4n) is 3.36. The van der Waals surface area contributed by atoms with Gasteiger partial charge in [-0.05, 0) is 38.0 Å². The van der Waals surface area contributed by atoms with Gasteiger partial charge < -0.3 is 10.5 Å². The van der Waals surface area contributed by atoms with Crippen LogP contribution in [0.5, 0.6) is 0 Å². The fourth-order valence-corrected chi connectivity index (χ4v) is 3.36. The normalized spacial score (nSPS) is 31.2. The fraction of sp³-hybridized carbons (Fsp3) is 0.857. The second kappa shape index (κ2) is 5.33. The molecule has 1 aliphatic heterocycles. The summed E-state index contributed by atoms with van der Waals surface area (Å²) in [5.41, 5.74) is 6.42. The van der Waals surface area contributed by atoms with Crippen LogP contribution in [0.25, 0.3) is 0 Å². The summed E-state index contributed by atoms with van der Waals surface area (Å²) in [6.07, 6.45) is 11.8. The van der Waals surface area contributed by atoms with Crippen molar-refractivity contribution in [1.82, 2.24) is 0 Å². The van der Waals surface area contributed by atoms with Crippen molar-refractivity contribution >= 4 is 0 Å². The highest BCUT2D eigenvalue weighted by Gasteiger charge is 2.39. The second-order valence-electron chi connectivity index (χ2n) is 5.53. The first kappa shape index (κ1) is 12.1. The van der Waals surface area contributed by atoms with Gasteiger partial charge in [0.1, 0.15) is 0 Å². The largest absolute Gasteiger partial charge is 0.375 e. The Bertz CT molecular complexity index is 227. The van der Waals surface area contributed by atoms with Crippen molar-refractivity contribution in [1.29, 1.82) is 0 Å². The molecule has 2 heteroatoms. The molecule has 92 valence electrons. The molecule has 2 nitrogen and oxygen atoms in total. The van der Waals surface area contributed by atoms with Gasteiger partial charge in [0.2, 0.25) is 0 Å². The van der Waals surface area contributed by atoms with E-state index in [4.69, 9.17) is 10.5 Å². The Balaban J connectivity index is 1.94. The lowest BCUT2D eigenvalue weighted by Crippen LogP contribution is -2.46. The van der Waals surface area contributed by atoms with Crippen LogP contribution in [0.4, 0.5) is 0 Å². The van der Waals surface area contributed by atoms with E-state index in [0.29, 0.717) is 12.0 Å². The SMILES string of the molecule is C=CCC(N)C1CCOC2(CCCCC2)C1. The quantitative estimate of drug-likeness (QED) is 0.746. The Kier molecular flexibility index (Phi) is 4.04. The molecular formula is C14H25NO. The molecule has 16 heavy (non-hydrogen) atoms. The summed E-state index contributed by atoms with van der Waals surface area (Å²) < 4.78 is 6.08. The van der Waals surface area contributed by atoms with E-state index in [0.717, 1.165) is 19.4 Å². The van der Waals surface area contributed by atoms with Gasteiger partial charge in [0.05, 0.1) is 5.60 Å². The molecule has 0 aromatic carbocycles. The summed E-state index contributed by atoms with van der Waals surface area (Å²) >= 11 is 0. The van der Waals surface area contributed by atoms with Gasteiger partial charge in [0, 0.05) is 12.6 Å². The molecule has 2 aliphatic rings. The molecule has 1 spiro atoms. The van der Waals surface area contributed by atoms with Crippen molar-refractivity contribution in [2.75, 3.05) is 6.61 Å². The van der Waals surface area contributed by atoms with E-state index in [1.165, 1.54) is 38.5 Å². The molecule has 2 N–H and O–H groups in total. The van der Waals surface area contributed by atoms with Crippen LogP contribution in [-0.2, 0) is 4.74 Å². The molecule has 0 amide bonds. The molecule has 1 aliphatic carbocycles. The third-order valence-corrected chi connectivity index (χ3v) is 4.34. The lowest BCUT2D eigenvalue weighted by Gasteiger charge is -2.45. The third kappa shape index (κ3) is 2.67. The highest BCUT2D eigenvalue weighted by atomic mass is 16.5. The zero-order valence-electron chi connectivity index (χ0n) is 10.3. The van der Waals surface area contributed by atoms with Crippen LogP contribution in [0.15, 0.2) is 12.7 Å². The average Bonchev–Trinajstić information content (AvgIpc) is 2.30. The maximum atomic E-state index is 6.22. The molecule has 0 bridgehead atoms. The zero-order valence-corrected chi connectivity index (χ0v) is 10.3. The molecule has 0 aromatic heterocycles. The molecular weight excluding hydrogens is 198 g/mol. The Morgan fingerprint density at radius 2 is 2.12 bits per heavy atom. The molecule has 0 radical (unpaired) electrons. The van der Waals surface area contributed by atoms with Crippen molar-refractivity contribution in [2.24, 2.45) is 11.7 Å². The van der Waals surface area contributed by atoms with Gasteiger partial charge in [0.15, 0.2) is 0 Å². The Hall–Kier alpha value is -0.340. The number of hydrogen-bond acceptors (Lipinski definition) is 2. The molecule has 2 rings (SSSR count). The minimum atomic E-state index is 0.194. The summed E-state index contributed by atoms with van der Waals surface area (Å²) in [6, 6.07) is 0.292. The summed E-state index contributed by atoms with van der Waals surface area (Å²) in [7, 11) is 0. The van der Waals surface area contributed by atoms with Crippen molar-refractivity contribution < 1.29 is 4.74 Å². The van der Waals surface area contributed by atoms with Crippen LogP contribution in [0, 0.1) is 5.92 Å². The summed E-state index contributed by atoms with van der Waals surface area (Å²) in [4.78, 5) is 0. The van der Waals surface area contributed by atoms with E-state index in [9.17, 15) is 0 Å². The molecule has 2 atom stereocenters. The van der Waals surface area contributed by atoms with Crippen LogP contribution in [0.2, 0.25) is 0 Å². The minimum Gasteiger partial charge on any atom is -0.375 e. The topological polar surface area (TPSA) is 35.2 Å².